The zero-order chi connectivity index (χ0) is 12.8. The molecule has 0 bridgehead atoms. The molecule has 106 valence electrons. The molecule has 2 rings (SSSR count). The second kappa shape index (κ2) is 6.88. The van der Waals surface area contributed by atoms with E-state index in [-0.39, 0.29) is 0 Å². The molecule has 2 fully saturated rings. The highest BCUT2D eigenvalue weighted by Crippen LogP contribution is 2.37. The monoisotopic (exact) mass is 254 g/mol. The van der Waals surface area contributed by atoms with Gasteiger partial charge in [-0.2, -0.15) is 0 Å². The van der Waals surface area contributed by atoms with Crippen molar-refractivity contribution in [2.24, 2.45) is 5.41 Å². The molecule has 0 amide bonds. The number of nitrogens with zero attached hydrogens (tertiary/aromatic N) is 1. The van der Waals surface area contributed by atoms with Gasteiger partial charge in [-0.3, -0.25) is 0 Å². The summed E-state index contributed by atoms with van der Waals surface area (Å²) < 4.78 is 0. The Hall–Kier alpha value is -0.120. The minimum atomic E-state index is 0.292. The Kier molecular flexibility index (Phi) is 5.46. The lowest BCUT2D eigenvalue weighted by Gasteiger charge is -2.41. The number of hydrogen-bond acceptors (Lipinski definition) is 3. The van der Waals surface area contributed by atoms with Gasteiger partial charge >= 0.3 is 0 Å². The molecule has 3 nitrogen and oxygen atoms in total. The van der Waals surface area contributed by atoms with Crippen molar-refractivity contribution in [1.82, 2.24) is 10.2 Å². The van der Waals surface area contributed by atoms with Crippen LogP contribution in [0, 0.1) is 5.41 Å². The van der Waals surface area contributed by atoms with Gasteiger partial charge in [0, 0.05) is 25.7 Å². The summed E-state index contributed by atoms with van der Waals surface area (Å²) in [5, 5.41) is 12.9. The number of aliphatic hydroxyl groups excluding tert-OH is 1. The minimum Gasteiger partial charge on any atom is -0.395 e. The minimum absolute atomic E-state index is 0.292. The fourth-order valence-corrected chi connectivity index (χ4v) is 3.31. The van der Waals surface area contributed by atoms with Crippen molar-refractivity contribution in [3.63, 3.8) is 0 Å². The van der Waals surface area contributed by atoms with Crippen LogP contribution in [0.4, 0.5) is 0 Å². The van der Waals surface area contributed by atoms with E-state index >= 15 is 0 Å². The first-order valence-corrected chi connectivity index (χ1v) is 7.84. The maximum Gasteiger partial charge on any atom is 0.0558 e. The van der Waals surface area contributed by atoms with Gasteiger partial charge in [0.25, 0.3) is 0 Å². The second-order valence-corrected chi connectivity index (χ2v) is 6.31. The molecule has 3 heteroatoms. The van der Waals surface area contributed by atoms with Gasteiger partial charge in [-0.05, 0) is 37.6 Å². The van der Waals surface area contributed by atoms with E-state index in [1.165, 1.54) is 58.0 Å². The summed E-state index contributed by atoms with van der Waals surface area (Å²) in [4.78, 5) is 2.43. The first-order valence-electron chi connectivity index (χ1n) is 7.84. The van der Waals surface area contributed by atoms with Crippen molar-refractivity contribution >= 4 is 0 Å². The summed E-state index contributed by atoms with van der Waals surface area (Å²) in [6, 6.07) is 0.816. The van der Waals surface area contributed by atoms with Gasteiger partial charge in [-0.1, -0.05) is 26.2 Å². The first-order chi connectivity index (χ1) is 8.78. The average Bonchev–Trinajstić information content (AvgIpc) is 3.21. The molecule has 0 aromatic carbocycles. The molecule has 0 spiro atoms. The average molecular weight is 254 g/mol. The van der Waals surface area contributed by atoms with E-state index in [0.29, 0.717) is 12.0 Å². The van der Waals surface area contributed by atoms with Crippen molar-refractivity contribution in [3.8, 4) is 0 Å². The number of nitrogens with one attached hydrogen (secondary N) is 1. The number of likely N-dealkylation sites (N-methyl/N-ethyl adjacent to an activating group) is 1. The molecule has 18 heavy (non-hydrogen) atoms. The molecular weight excluding hydrogens is 224 g/mol. The summed E-state index contributed by atoms with van der Waals surface area (Å²) in [5.41, 5.74) is 0.478. The molecular formula is C15H30N2O. The lowest BCUT2D eigenvalue weighted by Crippen LogP contribution is -2.46. The van der Waals surface area contributed by atoms with E-state index in [2.05, 4.69) is 17.1 Å². The molecule has 2 aliphatic carbocycles. The van der Waals surface area contributed by atoms with Crippen molar-refractivity contribution in [2.75, 3.05) is 32.8 Å². The van der Waals surface area contributed by atoms with Crippen LogP contribution in [0.3, 0.4) is 0 Å². The zero-order valence-electron chi connectivity index (χ0n) is 12.0. The Morgan fingerprint density at radius 2 is 1.94 bits per heavy atom. The van der Waals surface area contributed by atoms with Crippen molar-refractivity contribution in [2.45, 2.75) is 57.9 Å². The van der Waals surface area contributed by atoms with E-state index in [1.54, 1.807) is 0 Å². The van der Waals surface area contributed by atoms with Crippen LogP contribution in [-0.2, 0) is 0 Å². The molecule has 0 aromatic rings. The molecule has 2 aliphatic rings. The van der Waals surface area contributed by atoms with Gasteiger partial charge in [0.2, 0.25) is 0 Å². The van der Waals surface area contributed by atoms with Crippen LogP contribution < -0.4 is 5.32 Å². The molecule has 2 N–H and O–H groups in total. The van der Waals surface area contributed by atoms with Crippen molar-refractivity contribution in [3.05, 3.63) is 0 Å². The summed E-state index contributed by atoms with van der Waals surface area (Å²) in [6.45, 7) is 6.76. The van der Waals surface area contributed by atoms with Crippen LogP contribution in [0.1, 0.15) is 51.9 Å². The highest BCUT2D eigenvalue weighted by atomic mass is 16.3. The Bertz CT molecular complexity index is 235. The Labute approximate surface area is 112 Å². The largest absolute Gasteiger partial charge is 0.395 e. The third kappa shape index (κ3) is 4.22. The third-order valence-corrected chi connectivity index (χ3v) is 4.68. The van der Waals surface area contributed by atoms with Crippen LogP contribution in [0.15, 0.2) is 0 Å². The molecule has 0 aromatic heterocycles. The zero-order valence-corrected chi connectivity index (χ0v) is 12.0. The van der Waals surface area contributed by atoms with Gasteiger partial charge in [-0.15, -0.1) is 0 Å². The maximum atomic E-state index is 9.15. The smallest absolute Gasteiger partial charge is 0.0558 e. The van der Waals surface area contributed by atoms with E-state index < -0.39 is 0 Å². The summed E-state index contributed by atoms with van der Waals surface area (Å²) in [7, 11) is 0. The first kappa shape index (κ1) is 14.3. The normalized spacial score (nSPS) is 23.5. The lowest BCUT2D eigenvalue weighted by atomic mass is 9.73. The molecule has 0 radical (unpaired) electrons. The highest BCUT2D eigenvalue weighted by Gasteiger charge is 2.35. The van der Waals surface area contributed by atoms with Crippen LogP contribution in [0.25, 0.3) is 0 Å². The quantitative estimate of drug-likeness (QED) is 0.695. The van der Waals surface area contributed by atoms with Crippen LogP contribution in [0.2, 0.25) is 0 Å². The SMILES string of the molecule is CCN(CCO)CC1(CNC2CC2)CCCCC1. The van der Waals surface area contributed by atoms with Crippen molar-refractivity contribution < 1.29 is 5.11 Å². The summed E-state index contributed by atoms with van der Waals surface area (Å²) >= 11 is 0. The number of aliphatic hydroxyl groups is 1. The predicted octanol–water partition coefficient (Wildman–Crippen LogP) is 2.00. The third-order valence-electron chi connectivity index (χ3n) is 4.68. The van der Waals surface area contributed by atoms with Gasteiger partial charge in [0.05, 0.1) is 6.61 Å². The topological polar surface area (TPSA) is 35.5 Å². The van der Waals surface area contributed by atoms with E-state index in [9.17, 15) is 0 Å². The number of hydrogen-bond donors (Lipinski definition) is 2. The predicted molar refractivity (Wildman–Crippen MR) is 75.7 cm³/mol. The van der Waals surface area contributed by atoms with Crippen molar-refractivity contribution in [1.29, 1.82) is 0 Å². The van der Waals surface area contributed by atoms with Gasteiger partial charge < -0.3 is 15.3 Å². The maximum absolute atomic E-state index is 9.15. The second-order valence-electron chi connectivity index (χ2n) is 6.31. The fourth-order valence-electron chi connectivity index (χ4n) is 3.31. The van der Waals surface area contributed by atoms with Gasteiger partial charge in [0.15, 0.2) is 0 Å². The summed E-state index contributed by atoms with van der Waals surface area (Å²) in [5.74, 6) is 0. The van der Waals surface area contributed by atoms with Crippen LogP contribution >= 0.6 is 0 Å². The standard InChI is InChI=1S/C15H30N2O/c1-2-17(10-11-18)13-15(8-4-3-5-9-15)12-16-14-6-7-14/h14,16,18H,2-13H2,1H3. The Morgan fingerprint density at radius 3 is 2.50 bits per heavy atom. The van der Waals surface area contributed by atoms with E-state index in [4.69, 9.17) is 5.11 Å². The molecule has 0 unspecified atom stereocenters. The molecule has 0 aliphatic heterocycles. The molecule has 0 atom stereocenters. The molecule has 2 saturated carbocycles. The fraction of sp³-hybridized carbons (Fsp3) is 1.00. The summed E-state index contributed by atoms with van der Waals surface area (Å²) in [6.07, 6.45) is 9.70. The van der Waals surface area contributed by atoms with E-state index in [1.807, 2.05) is 0 Å². The van der Waals surface area contributed by atoms with E-state index in [0.717, 1.165) is 19.1 Å². The Morgan fingerprint density at radius 1 is 1.22 bits per heavy atom. The number of rotatable bonds is 8. The molecule has 0 heterocycles. The van der Waals surface area contributed by atoms with Crippen LogP contribution in [0.5, 0.6) is 0 Å². The Balaban J connectivity index is 1.88. The highest BCUT2D eigenvalue weighted by molar-refractivity contribution is 4.91. The van der Waals surface area contributed by atoms with Gasteiger partial charge in [-0.25, -0.2) is 0 Å². The lowest BCUT2D eigenvalue weighted by molar-refractivity contribution is 0.0918. The molecule has 0 saturated heterocycles. The van der Waals surface area contributed by atoms with Crippen LogP contribution in [-0.4, -0.2) is 48.8 Å². The van der Waals surface area contributed by atoms with Gasteiger partial charge in [0.1, 0.15) is 0 Å².